The van der Waals surface area contributed by atoms with E-state index in [1.165, 1.54) is 5.56 Å². The van der Waals surface area contributed by atoms with Gasteiger partial charge in [-0.25, -0.2) is 0 Å². The third kappa shape index (κ3) is 4.77. The summed E-state index contributed by atoms with van der Waals surface area (Å²) in [6.45, 7) is 7.88. The van der Waals surface area contributed by atoms with Crippen molar-refractivity contribution >= 4 is 0 Å². The summed E-state index contributed by atoms with van der Waals surface area (Å²) in [7, 11) is 0. The Bertz CT molecular complexity index is 292. The maximum absolute atomic E-state index is 6.04. The van der Waals surface area contributed by atoms with Crippen LogP contribution >= 0.6 is 0 Å². The molecule has 2 nitrogen and oxygen atoms in total. The van der Waals surface area contributed by atoms with Gasteiger partial charge in [0.25, 0.3) is 0 Å². The predicted molar refractivity (Wildman–Crippen MR) is 68.4 cm³/mol. The molecule has 0 saturated heterocycles. The van der Waals surface area contributed by atoms with Crippen LogP contribution in [0.2, 0.25) is 0 Å². The van der Waals surface area contributed by atoms with E-state index in [0.717, 1.165) is 18.6 Å². The average molecular weight is 221 g/mol. The van der Waals surface area contributed by atoms with Crippen molar-refractivity contribution < 1.29 is 4.74 Å². The zero-order valence-corrected chi connectivity index (χ0v) is 10.6. The smallest absolute Gasteiger partial charge is 0.0659 e. The first kappa shape index (κ1) is 13.2. The summed E-state index contributed by atoms with van der Waals surface area (Å²) in [5.41, 5.74) is 8.45. The van der Waals surface area contributed by atoms with Gasteiger partial charge in [-0.2, -0.15) is 0 Å². The van der Waals surface area contributed by atoms with Crippen LogP contribution in [-0.4, -0.2) is 13.2 Å². The first-order valence-electron chi connectivity index (χ1n) is 5.99. The fraction of sp³-hybridized carbons (Fsp3) is 0.571. The van der Waals surface area contributed by atoms with Gasteiger partial charge in [-0.3, -0.25) is 0 Å². The zero-order valence-electron chi connectivity index (χ0n) is 10.6. The molecule has 2 heteroatoms. The third-order valence-electron chi connectivity index (χ3n) is 2.64. The minimum Gasteiger partial charge on any atom is -0.379 e. The fourth-order valence-corrected chi connectivity index (χ4v) is 1.44. The van der Waals surface area contributed by atoms with Crippen molar-refractivity contribution in [1.82, 2.24) is 0 Å². The molecule has 0 radical (unpaired) electrons. The minimum absolute atomic E-state index is 0.00670. The third-order valence-corrected chi connectivity index (χ3v) is 2.64. The Morgan fingerprint density at radius 2 is 1.81 bits per heavy atom. The van der Waals surface area contributed by atoms with Gasteiger partial charge in [-0.05, 0) is 24.8 Å². The molecule has 1 aromatic carbocycles. The van der Waals surface area contributed by atoms with Crippen LogP contribution in [0.3, 0.4) is 0 Å². The van der Waals surface area contributed by atoms with E-state index < -0.39 is 0 Å². The van der Waals surface area contributed by atoms with Crippen molar-refractivity contribution in [1.29, 1.82) is 0 Å². The van der Waals surface area contributed by atoms with Crippen molar-refractivity contribution in [2.75, 3.05) is 13.2 Å². The van der Waals surface area contributed by atoms with Gasteiger partial charge in [0, 0.05) is 6.61 Å². The Morgan fingerprint density at radius 1 is 1.19 bits per heavy atom. The van der Waals surface area contributed by atoms with Crippen LogP contribution in [0.5, 0.6) is 0 Å². The van der Waals surface area contributed by atoms with E-state index in [0.29, 0.717) is 12.5 Å². The van der Waals surface area contributed by atoms with Crippen LogP contribution in [-0.2, 0) is 4.74 Å². The van der Waals surface area contributed by atoms with Gasteiger partial charge in [0.05, 0.1) is 12.6 Å². The van der Waals surface area contributed by atoms with Crippen molar-refractivity contribution in [3.05, 3.63) is 35.4 Å². The molecule has 1 aromatic rings. The molecule has 90 valence electrons. The molecular formula is C14H23NO. The van der Waals surface area contributed by atoms with E-state index in [1.54, 1.807) is 0 Å². The molecule has 0 aromatic heterocycles. The Kier molecular flexibility index (Phi) is 5.50. The number of hydrogen-bond donors (Lipinski definition) is 1. The van der Waals surface area contributed by atoms with Crippen LogP contribution in [0.4, 0.5) is 0 Å². The highest BCUT2D eigenvalue weighted by Crippen LogP contribution is 2.12. The van der Waals surface area contributed by atoms with Crippen molar-refractivity contribution in [2.24, 2.45) is 11.7 Å². The average Bonchev–Trinajstić information content (AvgIpc) is 2.25. The largest absolute Gasteiger partial charge is 0.379 e. The highest BCUT2D eigenvalue weighted by molar-refractivity contribution is 5.23. The second-order valence-corrected chi connectivity index (χ2v) is 4.77. The Hall–Kier alpha value is -0.860. The lowest BCUT2D eigenvalue weighted by Crippen LogP contribution is -2.17. The second-order valence-electron chi connectivity index (χ2n) is 4.77. The van der Waals surface area contributed by atoms with E-state index in [4.69, 9.17) is 10.5 Å². The summed E-state index contributed by atoms with van der Waals surface area (Å²) in [5, 5.41) is 0. The molecule has 0 fully saturated rings. The summed E-state index contributed by atoms with van der Waals surface area (Å²) in [4.78, 5) is 0. The van der Waals surface area contributed by atoms with E-state index in [9.17, 15) is 0 Å². The summed E-state index contributed by atoms with van der Waals surface area (Å²) < 4.78 is 5.57. The molecule has 0 aliphatic carbocycles. The molecular weight excluding hydrogens is 198 g/mol. The Balaban J connectivity index is 2.29. The first-order chi connectivity index (χ1) is 7.59. The van der Waals surface area contributed by atoms with Crippen LogP contribution in [0.1, 0.15) is 37.4 Å². The number of ether oxygens (including phenoxy) is 1. The first-order valence-corrected chi connectivity index (χ1v) is 5.99. The molecule has 0 heterocycles. The van der Waals surface area contributed by atoms with E-state index in [-0.39, 0.29) is 6.04 Å². The number of hydrogen-bond acceptors (Lipinski definition) is 2. The number of benzene rings is 1. The maximum Gasteiger partial charge on any atom is 0.0659 e. The summed E-state index contributed by atoms with van der Waals surface area (Å²) in [6.07, 6.45) is 1.10. The topological polar surface area (TPSA) is 35.2 Å². The normalized spacial score (nSPS) is 13.1. The lowest BCUT2D eigenvalue weighted by Gasteiger charge is -2.13. The van der Waals surface area contributed by atoms with Crippen LogP contribution in [0.15, 0.2) is 24.3 Å². The quantitative estimate of drug-likeness (QED) is 0.749. The Labute approximate surface area is 98.8 Å². The van der Waals surface area contributed by atoms with Gasteiger partial charge < -0.3 is 10.5 Å². The van der Waals surface area contributed by atoms with Gasteiger partial charge in [0.1, 0.15) is 0 Å². The molecule has 2 N–H and O–H groups in total. The van der Waals surface area contributed by atoms with Crippen LogP contribution < -0.4 is 5.73 Å². The molecule has 0 spiro atoms. The molecule has 16 heavy (non-hydrogen) atoms. The van der Waals surface area contributed by atoms with Crippen molar-refractivity contribution in [3.8, 4) is 0 Å². The molecule has 0 aliphatic rings. The molecule has 1 unspecified atom stereocenters. The fourth-order valence-electron chi connectivity index (χ4n) is 1.44. The standard InChI is InChI=1S/C14H23NO/c1-11(2)8-9-16-10-14(15)13-6-4-12(3)5-7-13/h4-7,11,14H,8-10,15H2,1-3H3. The molecule has 1 atom stereocenters. The number of aryl methyl sites for hydroxylation is 1. The van der Waals surface area contributed by atoms with Gasteiger partial charge >= 0.3 is 0 Å². The van der Waals surface area contributed by atoms with Crippen molar-refractivity contribution in [3.63, 3.8) is 0 Å². The summed E-state index contributed by atoms with van der Waals surface area (Å²) in [6, 6.07) is 8.32. The lowest BCUT2D eigenvalue weighted by molar-refractivity contribution is 0.111. The van der Waals surface area contributed by atoms with Crippen LogP contribution in [0.25, 0.3) is 0 Å². The highest BCUT2D eigenvalue weighted by atomic mass is 16.5. The predicted octanol–water partition coefficient (Wildman–Crippen LogP) is 3.06. The monoisotopic (exact) mass is 221 g/mol. The lowest BCUT2D eigenvalue weighted by atomic mass is 10.1. The van der Waals surface area contributed by atoms with E-state index >= 15 is 0 Å². The molecule has 0 bridgehead atoms. The van der Waals surface area contributed by atoms with Gasteiger partial charge in [-0.1, -0.05) is 43.7 Å². The maximum atomic E-state index is 6.04. The SMILES string of the molecule is Cc1ccc(C(N)COCCC(C)C)cc1. The van der Waals surface area contributed by atoms with E-state index in [1.807, 2.05) is 0 Å². The van der Waals surface area contributed by atoms with Gasteiger partial charge in [0.2, 0.25) is 0 Å². The summed E-state index contributed by atoms with van der Waals surface area (Å²) in [5.74, 6) is 0.690. The zero-order chi connectivity index (χ0) is 12.0. The van der Waals surface area contributed by atoms with Crippen molar-refractivity contribution in [2.45, 2.75) is 33.2 Å². The highest BCUT2D eigenvalue weighted by Gasteiger charge is 2.05. The molecule has 0 amide bonds. The number of nitrogens with two attached hydrogens (primary N) is 1. The van der Waals surface area contributed by atoms with Crippen LogP contribution in [0, 0.1) is 12.8 Å². The second kappa shape index (κ2) is 6.66. The molecule has 0 saturated carbocycles. The molecule has 1 rings (SSSR count). The van der Waals surface area contributed by atoms with E-state index in [2.05, 4.69) is 45.0 Å². The summed E-state index contributed by atoms with van der Waals surface area (Å²) >= 11 is 0. The Morgan fingerprint density at radius 3 is 2.38 bits per heavy atom. The number of rotatable bonds is 6. The van der Waals surface area contributed by atoms with Gasteiger partial charge in [-0.15, -0.1) is 0 Å². The molecule has 0 aliphatic heterocycles. The minimum atomic E-state index is -0.00670. The van der Waals surface area contributed by atoms with Gasteiger partial charge in [0.15, 0.2) is 0 Å².